The van der Waals surface area contributed by atoms with Gasteiger partial charge in [0.25, 0.3) is 0 Å². The van der Waals surface area contributed by atoms with Crippen molar-refractivity contribution < 1.29 is 9.84 Å². The van der Waals surface area contributed by atoms with Crippen LogP contribution in [0, 0.1) is 0 Å². The molecule has 0 aromatic heterocycles. The highest BCUT2D eigenvalue weighted by Crippen LogP contribution is 2.14. The summed E-state index contributed by atoms with van der Waals surface area (Å²) in [6, 6.07) is 0.244. The van der Waals surface area contributed by atoms with Gasteiger partial charge in [0.15, 0.2) is 0 Å². The molecular weight excluding hydrogens is 168 g/mol. The van der Waals surface area contributed by atoms with Crippen LogP contribution in [0.3, 0.4) is 0 Å². The van der Waals surface area contributed by atoms with E-state index in [4.69, 9.17) is 4.74 Å². The van der Waals surface area contributed by atoms with Crippen molar-refractivity contribution in [3.63, 3.8) is 0 Å². The van der Waals surface area contributed by atoms with Crippen molar-refractivity contribution in [2.75, 3.05) is 46.4 Å². The summed E-state index contributed by atoms with van der Waals surface area (Å²) >= 11 is 0. The van der Waals surface area contributed by atoms with Crippen LogP contribution in [-0.4, -0.2) is 73.5 Å². The SMILES string of the molecule is CN1CCN([C@H]2COC[C@@H]2O)CC1. The van der Waals surface area contributed by atoms with E-state index in [2.05, 4.69) is 16.8 Å². The molecule has 2 rings (SSSR count). The summed E-state index contributed by atoms with van der Waals surface area (Å²) in [5.41, 5.74) is 0. The van der Waals surface area contributed by atoms with Crippen LogP contribution in [0.25, 0.3) is 0 Å². The first kappa shape index (κ1) is 9.40. The Morgan fingerprint density at radius 1 is 1.15 bits per heavy atom. The number of ether oxygens (including phenoxy) is 1. The maximum absolute atomic E-state index is 9.63. The van der Waals surface area contributed by atoms with Crippen molar-refractivity contribution in [3.8, 4) is 0 Å². The van der Waals surface area contributed by atoms with E-state index in [0.717, 1.165) is 26.2 Å². The van der Waals surface area contributed by atoms with Crippen molar-refractivity contribution in [2.24, 2.45) is 0 Å². The van der Waals surface area contributed by atoms with E-state index in [1.807, 2.05) is 0 Å². The van der Waals surface area contributed by atoms with Gasteiger partial charge in [0.2, 0.25) is 0 Å². The van der Waals surface area contributed by atoms with E-state index in [0.29, 0.717) is 13.2 Å². The van der Waals surface area contributed by atoms with E-state index < -0.39 is 0 Å². The Hall–Kier alpha value is -0.160. The van der Waals surface area contributed by atoms with Crippen LogP contribution in [0.15, 0.2) is 0 Å². The van der Waals surface area contributed by atoms with Gasteiger partial charge >= 0.3 is 0 Å². The third kappa shape index (κ3) is 2.02. The Morgan fingerprint density at radius 2 is 1.85 bits per heavy atom. The van der Waals surface area contributed by atoms with Gasteiger partial charge in [0.05, 0.1) is 25.4 Å². The first-order valence-electron chi connectivity index (χ1n) is 4.96. The molecule has 0 bridgehead atoms. The van der Waals surface area contributed by atoms with E-state index in [-0.39, 0.29) is 12.1 Å². The summed E-state index contributed by atoms with van der Waals surface area (Å²) in [7, 11) is 2.14. The molecule has 0 amide bonds. The summed E-state index contributed by atoms with van der Waals surface area (Å²) in [5.74, 6) is 0. The average Bonchev–Trinajstić information content (AvgIpc) is 2.53. The Balaban J connectivity index is 1.86. The zero-order valence-corrected chi connectivity index (χ0v) is 8.15. The molecule has 76 valence electrons. The summed E-state index contributed by atoms with van der Waals surface area (Å²) in [6.45, 7) is 5.53. The van der Waals surface area contributed by atoms with Gasteiger partial charge in [-0.25, -0.2) is 0 Å². The Bertz CT molecular complexity index is 169. The van der Waals surface area contributed by atoms with Gasteiger partial charge in [0, 0.05) is 26.2 Å². The van der Waals surface area contributed by atoms with Gasteiger partial charge in [-0.05, 0) is 7.05 Å². The van der Waals surface area contributed by atoms with Gasteiger partial charge in [-0.3, -0.25) is 4.90 Å². The molecule has 0 aliphatic carbocycles. The topological polar surface area (TPSA) is 35.9 Å². The van der Waals surface area contributed by atoms with E-state index in [1.165, 1.54) is 0 Å². The number of hydrogen-bond donors (Lipinski definition) is 1. The average molecular weight is 186 g/mol. The molecule has 2 heterocycles. The number of nitrogens with zero attached hydrogens (tertiary/aromatic N) is 2. The van der Waals surface area contributed by atoms with Gasteiger partial charge in [-0.2, -0.15) is 0 Å². The third-order valence-corrected chi connectivity index (χ3v) is 3.03. The number of likely N-dealkylation sites (N-methyl/N-ethyl adjacent to an activating group) is 1. The molecule has 0 spiro atoms. The highest BCUT2D eigenvalue weighted by atomic mass is 16.5. The first-order chi connectivity index (χ1) is 6.27. The minimum absolute atomic E-state index is 0.244. The predicted molar refractivity (Wildman–Crippen MR) is 49.7 cm³/mol. The molecule has 0 aromatic rings. The normalized spacial score (nSPS) is 38.3. The van der Waals surface area contributed by atoms with Crippen molar-refractivity contribution in [2.45, 2.75) is 12.1 Å². The lowest BCUT2D eigenvalue weighted by molar-refractivity contribution is 0.0512. The molecule has 2 aliphatic rings. The number of piperazine rings is 1. The molecule has 0 aromatic carbocycles. The molecule has 0 saturated carbocycles. The van der Waals surface area contributed by atoms with Crippen molar-refractivity contribution >= 4 is 0 Å². The summed E-state index contributed by atoms with van der Waals surface area (Å²) in [6.07, 6.45) is -0.275. The molecule has 2 saturated heterocycles. The van der Waals surface area contributed by atoms with Crippen molar-refractivity contribution in [3.05, 3.63) is 0 Å². The fourth-order valence-electron chi connectivity index (χ4n) is 2.03. The molecule has 2 atom stereocenters. The quantitative estimate of drug-likeness (QED) is 0.569. The van der Waals surface area contributed by atoms with Crippen LogP contribution in [0.2, 0.25) is 0 Å². The lowest BCUT2D eigenvalue weighted by Crippen LogP contribution is -2.52. The van der Waals surface area contributed by atoms with Crippen LogP contribution >= 0.6 is 0 Å². The van der Waals surface area contributed by atoms with Crippen LogP contribution in [0.4, 0.5) is 0 Å². The fourth-order valence-corrected chi connectivity index (χ4v) is 2.03. The Labute approximate surface area is 79.1 Å². The second-order valence-corrected chi connectivity index (χ2v) is 4.01. The second kappa shape index (κ2) is 3.92. The maximum atomic E-state index is 9.63. The molecule has 2 fully saturated rings. The highest BCUT2D eigenvalue weighted by Gasteiger charge is 2.32. The predicted octanol–water partition coefficient (Wildman–Crippen LogP) is -1.01. The minimum Gasteiger partial charge on any atom is -0.389 e. The van der Waals surface area contributed by atoms with Gasteiger partial charge in [-0.1, -0.05) is 0 Å². The summed E-state index contributed by atoms with van der Waals surface area (Å²) < 4.78 is 5.24. The largest absolute Gasteiger partial charge is 0.389 e. The number of aliphatic hydroxyl groups is 1. The standard InChI is InChI=1S/C9H18N2O2/c1-10-2-4-11(5-3-10)8-6-13-7-9(8)12/h8-9,12H,2-7H2,1H3/t8-,9-/m0/s1. The number of hydrogen-bond acceptors (Lipinski definition) is 4. The van der Waals surface area contributed by atoms with Crippen LogP contribution in [0.1, 0.15) is 0 Å². The Kier molecular flexibility index (Phi) is 2.83. The van der Waals surface area contributed by atoms with Gasteiger partial charge < -0.3 is 14.7 Å². The molecule has 1 N–H and O–H groups in total. The summed E-state index contributed by atoms with van der Waals surface area (Å²) in [4.78, 5) is 4.66. The first-order valence-corrected chi connectivity index (χ1v) is 4.96. The monoisotopic (exact) mass is 186 g/mol. The van der Waals surface area contributed by atoms with E-state index in [9.17, 15) is 5.11 Å². The molecule has 0 radical (unpaired) electrons. The van der Waals surface area contributed by atoms with Crippen molar-refractivity contribution in [1.82, 2.24) is 9.80 Å². The lowest BCUT2D eigenvalue weighted by atomic mass is 10.1. The molecule has 4 heteroatoms. The molecule has 13 heavy (non-hydrogen) atoms. The zero-order chi connectivity index (χ0) is 9.26. The fraction of sp³-hybridized carbons (Fsp3) is 1.00. The van der Waals surface area contributed by atoms with Crippen molar-refractivity contribution in [1.29, 1.82) is 0 Å². The van der Waals surface area contributed by atoms with Crippen LogP contribution in [-0.2, 0) is 4.74 Å². The minimum atomic E-state index is -0.275. The lowest BCUT2D eigenvalue weighted by Gasteiger charge is -2.36. The van der Waals surface area contributed by atoms with E-state index >= 15 is 0 Å². The Morgan fingerprint density at radius 3 is 2.38 bits per heavy atom. The van der Waals surface area contributed by atoms with Crippen LogP contribution in [0.5, 0.6) is 0 Å². The molecule has 2 aliphatic heterocycles. The van der Waals surface area contributed by atoms with Gasteiger partial charge in [-0.15, -0.1) is 0 Å². The highest BCUT2D eigenvalue weighted by molar-refractivity contribution is 4.85. The van der Waals surface area contributed by atoms with Crippen LogP contribution < -0.4 is 0 Å². The molecule has 0 unspecified atom stereocenters. The second-order valence-electron chi connectivity index (χ2n) is 4.01. The molecular formula is C9H18N2O2. The third-order valence-electron chi connectivity index (χ3n) is 3.03. The number of aliphatic hydroxyl groups excluding tert-OH is 1. The molecule has 4 nitrogen and oxygen atoms in total. The van der Waals surface area contributed by atoms with E-state index in [1.54, 1.807) is 0 Å². The maximum Gasteiger partial charge on any atom is 0.0950 e. The van der Waals surface area contributed by atoms with Gasteiger partial charge in [0.1, 0.15) is 0 Å². The number of rotatable bonds is 1. The smallest absolute Gasteiger partial charge is 0.0950 e. The summed E-state index contributed by atoms with van der Waals surface area (Å²) in [5, 5.41) is 9.63. The zero-order valence-electron chi connectivity index (χ0n) is 8.15.